The SMILES string of the molecule is CCCCC1(O)C(=O)c2cccc3c4ccccc4n(c23)C1=O. The Morgan fingerprint density at radius 3 is 2.57 bits per heavy atom. The van der Waals surface area contributed by atoms with E-state index in [1.165, 1.54) is 4.57 Å². The van der Waals surface area contributed by atoms with Gasteiger partial charge in [0.15, 0.2) is 0 Å². The number of para-hydroxylation sites is 2. The largest absolute Gasteiger partial charge is 0.373 e. The number of aliphatic hydroxyl groups is 1. The molecule has 1 aliphatic heterocycles. The molecule has 1 atom stereocenters. The number of ketones is 1. The van der Waals surface area contributed by atoms with E-state index in [2.05, 4.69) is 0 Å². The summed E-state index contributed by atoms with van der Waals surface area (Å²) in [4.78, 5) is 25.8. The fourth-order valence-electron chi connectivity index (χ4n) is 3.57. The zero-order valence-electron chi connectivity index (χ0n) is 12.9. The molecule has 0 radical (unpaired) electrons. The van der Waals surface area contributed by atoms with Crippen molar-refractivity contribution in [3.8, 4) is 0 Å². The van der Waals surface area contributed by atoms with Crippen molar-refractivity contribution >= 4 is 33.5 Å². The first kappa shape index (κ1) is 14.2. The zero-order valence-corrected chi connectivity index (χ0v) is 12.9. The summed E-state index contributed by atoms with van der Waals surface area (Å²) in [5, 5.41) is 12.7. The lowest BCUT2D eigenvalue weighted by Gasteiger charge is -2.30. The average Bonchev–Trinajstić information content (AvgIpc) is 2.92. The van der Waals surface area contributed by atoms with Crippen LogP contribution in [0.3, 0.4) is 0 Å². The molecule has 2 aromatic carbocycles. The van der Waals surface area contributed by atoms with Crippen molar-refractivity contribution in [2.24, 2.45) is 0 Å². The van der Waals surface area contributed by atoms with Gasteiger partial charge in [-0.05, 0) is 25.0 Å². The van der Waals surface area contributed by atoms with Crippen molar-refractivity contribution < 1.29 is 14.7 Å². The first-order chi connectivity index (χ1) is 11.1. The van der Waals surface area contributed by atoms with Crippen LogP contribution in [0, 0.1) is 0 Å². The fraction of sp³-hybridized carbons (Fsp3) is 0.263. The Balaban J connectivity index is 2.11. The Hall–Kier alpha value is -2.46. The van der Waals surface area contributed by atoms with Gasteiger partial charge in [0.2, 0.25) is 11.4 Å². The Morgan fingerprint density at radius 2 is 1.78 bits per heavy atom. The van der Waals surface area contributed by atoms with Crippen LogP contribution < -0.4 is 0 Å². The quantitative estimate of drug-likeness (QED) is 0.753. The molecular weight excluding hydrogens is 290 g/mol. The Labute approximate surface area is 133 Å². The van der Waals surface area contributed by atoms with Crippen LogP contribution in [0.5, 0.6) is 0 Å². The van der Waals surface area contributed by atoms with Gasteiger partial charge in [-0.3, -0.25) is 14.2 Å². The summed E-state index contributed by atoms with van der Waals surface area (Å²) in [6, 6.07) is 13.0. The molecular formula is C19H17NO3. The highest BCUT2D eigenvalue weighted by molar-refractivity contribution is 6.31. The van der Waals surface area contributed by atoms with Gasteiger partial charge in [0.05, 0.1) is 11.0 Å². The molecule has 0 aliphatic carbocycles. The van der Waals surface area contributed by atoms with Crippen molar-refractivity contribution in [1.29, 1.82) is 0 Å². The number of carbonyl (C=O) groups is 2. The highest BCUT2D eigenvalue weighted by Crippen LogP contribution is 2.38. The molecule has 116 valence electrons. The van der Waals surface area contributed by atoms with Crippen LogP contribution in [0.1, 0.15) is 41.3 Å². The summed E-state index contributed by atoms with van der Waals surface area (Å²) < 4.78 is 1.52. The number of aromatic nitrogens is 1. The normalized spacial score (nSPS) is 20.6. The molecule has 1 aliphatic rings. The summed E-state index contributed by atoms with van der Waals surface area (Å²) in [5.74, 6) is -1.00. The maximum absolute atomic E-state index is 13.0. The second-order valence-electron chi connectivity index (χ2n) is 6.15. The minimum Gasteiger partial charge on any atom is -0.373 e. The van der Waals surface area contributed by atoms with Gasteiger partial charge in [-0.2, -0.15) is 0 Å². The maximum Gasteiger partial charge on any atom is 0.271 e. The highest BCUT2D eigenvalue weighted by atomic mass is 16.3. The molecule has 0 saturated heterocycles. The molecule has 0 spiro atoms. The molecule has 0 saturated carbocycles. The lowest BCUT2D eigenvalue weighted by Crippen LogP contribution is -2.51. The van der Waals surface area contributed by atoms with Crippen LogP contribution in [0.2, 0.25) is 0 Å². The van der Waals surface area contributed by atoms with Crippen LogP contribution in [0.25, 0.3) is 21.8 Å². The zero-order chi connectivity index (χ0) is 16.2. The van der Waals surface area contributed by atoms with E-state index in [1.807, 2.05) is 43.3 Å². The number of rotatable bonds is 3. The van der Waals surface area contributed by atoms with Crippen LogP contribution in [0.15, 0.2) is 42.5 Å². The first-order valence-electron chi connectivity index (χ1n) is 7.93. The summed E-state index contributed by atoms with van der Waals surface area (Å²) in [7, 11) is 0. The molecule has 4 heteroatoms. The molecule has 4 rings (SSSR count). The third-order valence-corrected chi connectivity index (χ3v) is 4.76. The predicted octanol–water partition coefficient (Wildman–Crippen LogP) is 3.55. The van der Waals surface area contributed by atoms with Crippen LogP contribution >= 0.6 is 0 Å². The molecule has 3 aromatic rings. The molecule has 23 heavy (non-hydrogen) atoms. The maximum atomic E-state index is 13.0. The third-order valence-electron chi connectivity index (χ3n) is 4.76. The van der Waals surface area contributed by atoms with Crippen molar-refractivity contribution in [3.63, 3.8) is 0 Å². The van der Waals surface area contributed by atoms with E-state index >= 15 is 0 Å². The minimum absolute atomic E-state index is 0.156. The standard InChI is InChI=1S/C19H17NO3/c1-2-3-11-19(23)17(21)14-9-6-8-13-12-7-4-5-10-15(12)20(16(13)14)18(19)22/h4-10,23H,2-3,11H2,1H3. The molecule has 1 unspecified atom stereocenters. The first-order valence-corrected chi connectivity index (χ1v) is 7.93. The number of benzene rings is 2. The number of unbranched alkanes of at least 4 members (excludes halogenated alkanes) is 1. The molecule has 1 aromatic heterocycles. The van der Waals surface area contributed by atoms with Gasteiger partial charge in [-0.1, -0.05) is 43.7 Å². The van der Waals surface area contributed by atoms with Gasteiger partial charge in [0, 0.05) is 16.3 Å². The lowest BCUT2D eigenvalue weighted by molar-refractivity contribution is 0.0187. The van der Waals surface area contributed by atoms with Gasteiger partial charge in [-0.25, -0.2) is 0 Å². The summed E-state index contributed by atoms with van der Waals surface area (Å²) in [5.41, 5.74) is -0.178. The van der Waals surface area contributed by atoms with Crippen molar-refractivity contribution in [1.82, 2.24) is 4.57 Å². The van der Waals surface area contributed by atoms with Gasteiger partial charge in [-0.15, -0.1) is 0 Å². The molecule has 1 N–H and O–H groups in total. The van der Waals surface area contributed by atoms with Gasteiger partial charge in [0.25, 0.3) is 5.91 Å². The molecule has 2 heterocycles. The summed E-state index contributed by atoms with van der Waals surface area (Å²) in [6.07, 6.45) is 1.59. The second kappa shape index (κ2) is 4.77. The Bertz CT molecular complexity index is 969. The highest BCUT2D eigenvalue weighted by Gasteiger charge is 2.49. The van der Waals surface area contributed by atoms with E-state index in [0.717, 1.165) is 22.7 Å². The number of fused-ring (bicyclic) bond motifs is 3. The topological polar surface area (TPSA) is 59.3 Å². The Morgan fingerprint density at radius 1 is 1.04 bits per heavy atom. The average molecular weight is 307 g/mol. The van der Waals surface area contributed by atoms with Gasteiger partial charge < -0.3 is 5.11 Å². The van der Waals surface area contributed by atoms with E-state index in [9.17, 15) is 14.7 Å². The van der Waals surface area contributed by atoms with Gasteiger partial charge in [0.1, 0.15) is 0 Å². The smallest absolute Gasteiger partial charge is 0.271 e. The van der Waals surface area contributed by atoms with Gasteiger partial charge >= 0.3 is 0 Å². The third kappa shape index (κ3) is 1.70. The number of hydrogen-bond donors (Lipinski definition) is 1. The number of Topliss-reactive ketones (excluding diaryl/α,β-unsaturated/α-hetero) is 1. The van der Waals surface area contributed by atoms with Crippen LogP contribution in [-0.4, -0.2) is 27.0 Å². The molecule has 0 bridgehead atoms. The van der Waals surface area contributed by atoms with E-state index in [1.54, 1.807) is 6.07 Å². The van der Waals surface area contributed by atoms with E-state index in [-0.39, 0.29) is 6.42 Å². The summed E-state index contributed by atoms with van der Waals surface area (Å²) in [6.45, 7) is 1.97. The number of hydrogen-bond acceptors (Lipinski definition) is 3. The number of carbonyl (C=O) groups excluding carboxylic acids is 2. The van der Waals surface area contributed by atoms with Crippen molar-refractivity contribution in [2.75, 3.05) is 0 Å². The fourth-order valence-corrected chi connectivity index (χ4v) is 3.57. The van der Waals surface area contributed by atoms with E-state index < -0.39 is 17.3 Å². The minimum atomic E-state index is -1.96. The second-order valence-corrected chi connectivity index (χ2v) is 6.15. The van der Waals surface area contributed by atoms with E-state index in [4.69, 9.17) is 0 Å². The molecule has 0 fully saturated rings. The molecule has 4 nitrogen and oxygen atoms in total. The monoisotopic (exact) mass is 307 g/mol. The van der Waals surface area contributed by atoms with Crippen molar-refractivity contribution in [3.05, 3.63) is 48.0 Å². The predicted molar refractivity (Wildman–Crippen MR) is 88.9 cm³/mol. The Kier molecular flexibility index (Phi) is 2.93. The lowest BCUT2D eigenvalue weighted by atomic mass is 9.84. The van der Waals surface area contributed by atoms with Crippen LogP contribution in [0.4, 0.5) is 0 Å². The summed E-state index contributed by atoms with van der Waals surface area (Å²) >= 11 is 0. The molecule has 0 amide bonds. The van der Waals surface area contributed by atoms with Crippen LogP contribution in [-0.2, 0) is 0 Å². The number of nitrogens with zero attached hydrogens (tertiary/aromatic N) is 1. The van der Waals surface area contributed by atoms with E-state index in [0.29, 0.717) is 17.5 Å². The van der Waals surface area contributed by atoms with Crippen molar-refractivity contribution in [2.45, 2.75) is 31.8 Å².